The van der Waals surface area contributed by atoms with Crippen LogP contribution in [-0.2, 0) is 0 Å². The normalized spacial score (nSPS) is 16.1. The van der Waals surface area contributed by atoms with Crippen LogP contribution < -0.4 is 4.90 Å². The van der Waals surface area contributed by atoms with Crippen LogP contribution in [0.1, 0.15) is 0 Å². The van der Waals surface area contributed by atoms with Crippen molar-refractivity contribution in [3.05, 3.63) is 103 Å². The zero-order valence-corrected chi connectivity index (χ0v) is 11.7. The third kappa shape index (κ3) is 4.29. The van der Waals surface area contributed by atoms with Crippen LogP contribution in [0.25, 0.3) is 0 Å². The lowest BCUT2D eigenvalue weighted by molar-refractivity contribution is 1.14. The molecular weight excluding hydrogens is 242 g/mol. The Kier molecular flexibility index (Phi) is 5.41. The minimum absolute atomic E-state index is 1.13. The van der Waals surface area contributed by atoms with Gasteiger partial charge in [-0.1, -0.05) is 72.8 Å². The van der Waals surface area contributed by atoms with E-state index in [0.717, 1.165) is 11.4 Å². The van der Waals surface area contributed by atoms with Gasteiger partial charge in [0, 0.05) is 18.4 Å². The zero-order valence-electron chi connectivity index (χ0n) is 11.7. The van der Waals surface area contributed by atoms with Crippen molar-refractivity contribution in [1.82, 2.24) is 0 Å². The highest BCUT2D eigenvalue weighted by Gasteiger charge is 2.01. The van der Waals surface area contributed by atoms with Crippen molar-refractivity contribution in [2.45, 2.75) is 0 Å². The monoisotopic (exact) mass is 261 g/mol. The molecule has 0 saturated heterocycles. The van der Waals surface area contributed by atoms with Crippen molar-refractivity contribution in [2.24, 2.45) is 0 Å². The zero-order chi connectivity index (χ0) is 14.0. The molecule has 2 rings (SSSR count). The van der Waals surface area contributed by atoms with Crippen molar-refractivity contribution < 1.29 is 0 Å². The average molecular weight is 261 g/mol. The molecule has 0 atom stereocenters. The predicted molar refractivity (Wildman–Crippen MR) is 88.0 cm³/mol. The molecule has 0 bridgehead atoms. The lowest BCUT2D eigenvalue weighted by Gasteiger charge is -2.20. The molecule has 0 amide bonds. The highest BCUT2D eigenvalue weighted by Crippen LogP contribution is 2.16. The third-order valence-electron chi connectivity index (χ3n) is 2.95. The van der Waals surface area contributed by atoms with Gasteiger partial charge in [-0.25, -0.2) is 0 Å². The van der Waals surface area contributed by atoms with E-state index >= 15 is 0 Å². The molecule has 0 unspecified atom stereocenters. The molecule has 20 heavy (non-hydrogen) atoms. The summed E-state index contributed by atoms with van der Waals surface area (Å²) in [5.41, 5.74) is 2.28. The first-order chi connectivity index (χ1) is 9.88. The van der Waals surface area contributed by atoms with Gasteiger partial charge in [0.1, 0.15) is 0 Å². The van der Waals surface area contributed by atoms with E-state index in [1.807, 2.05) is 48.6 Å². The van der Waals surface area contributed by atoms with E-state index < -0.39 is 0 Å². The van der Waals surface area contributed by atoms with E-state index in [0.29, 0.717) is 0 Å². The van der Waals surface area contributed by atoms with Crippen molar-refractivity contribution >= 4 is 5.69 Å². The fourth-order valence-corrected chi connectivity index (χ4v) is 1.84. The maximum absolute atomic E-state index is 2.17. The Morgan fingerprint density at radius 1 is 0.650 bits per heavy atom. The molecule has 0 N–H and O–H groups in total. The van der Waals surface area contributed by atoms with Crippen LogP contribution in [0.3, 0.4) is 0 Å². The summed E-state index contributed by atoms with van der Waals surface area (Å²) < 4.78 is 0. The largest absolute Gasteiger partial charge is 0.345 e. The summed E-state index contributed by atoms with van der Waals surface area (Å²) in [4.78, 5) is 2.17. The fourth-order valence-electron chi connectivity index (χ4n) is 1.84. The first kappa shape index (κ1) is 13.9. The molecule has 0 aliphatic heterocycles. The minimum atomic E-state index is 1.13. The Morgan fingerprint density at radius 3 is 1.90 bits per heavy atom. The molecule has 1 aliphatic rings. The van der Waals surface area contributed by atoms with Crippen LogP contribution in [0.15, 0.2) is 103 Å². The Labute approximate surface area is 121 Å². The Balaban J connectivity index is 2.35. The number of hydrogen-bond donors (Lipinski definition) is 0. The van der Waals surface area contributed by atoms with Crippen LogP contribution in [0, 0.1) is 0 Å². The first-order valence-corrected chi connectivity index (χ1v) is 6.72. The molecule has 0 heterocycles. The van der Waals surface area contributed by atoms with E-state index in [4.69, 9.17) is 0 Å². The molecule has 0 aromatic heterocycles. The SMILES string of the molecule is CN(C1=C/C=C\C=C/C=C1)c1ccccccccc1. The third-order valence-corrected chi connectivity index (χ3v) is 2.95. The Hall–Kier alpha value is -2.54. The number of rotatable bonds is 2. The molecule has 1 heteroatoms. The molecular formula is C19H19N. The molecule has 1 aliphatic carbocycles. The standard InChI is InChI=1S/C19H19N/c1-20(19-16-12-8-5-9-13-17-19)18-14-10-6-3-2-4-7-11-15-18/h2-17H,1H3/b3-2?,4-2?,6-3?,7-4?,8-5-,9-5?,10-6?,11-7?,12-8?,13-9-,14-10?,15-11?,16-12?,17-13?,18-14?,18-15?,19-16?,19-17?. The van der Waals surface area contributed by atoms with Gasteiger partial charge in [-0.3, -0.25) is 0 Å². The van der Waals surface area contributed by atoms with Crippen molar-refractivity contribution in [2.75, 3.05) is 11.9 Å². The molecule has 0 spiro atoms. The van der Waals surface area contributed by atoms with E-state index in [-0.39, 0.29) is 0 Å². The van der Waals surface area contributed by atoms with Crippen LogP contribution in [0.4, 0.5) is 5.69 Å². The van der Waals surface area contributed by atoms with Crippen LogP contribution >= 0.6 is 0 Å². The summed E-state index contributed by atoms with van der Waals surface area (Å²) >= 11 is 0. The highest BCUT2D eigenvalue weighted by atomic mass is 15.1. The molecule has 1 aromatic rings. The first-order valence-electron chi connectivity index (χ1n) is 6.72. The van der Waals surface area contributed by atoms with Gasteiger partial charge < -0.3 is 4.90 Å². The summed E-state index contributed by atoms with van der Waals surface area (Å²) in [5, 5.41) is 0. The maximum atomic E-state index is 2.17. The number of hydrogen-bond acceptors (Lipinski definition) is 1. The van der Waals surface area contributed by atoms with Crippen molar-refractivity contribution in [3.8, 4) is 0 Å². The second-order valence-corrected chi connectivity index (χ2v) is 4.38. The predicted octanol–water partition coefficient (Wildman–Crippen LogP) is 4.81. The Morgan fingerprint density at radius 2 is 1.20 bits per heavy atom. The fraction of sp³-hybridized carbons (Fsp3) is 0.0526. The maximum Gasteiger partial charge on any atom is 0.0408 e. The smallest absolute Gasteiger partial charge is 0.0408 e. The summed E-state index contributed by atoms with van der Waals surface area (Å²) in [6.45, 7) is 0. The van der Waals surface area contributed by atoms with Gasteiger partial charge in [0.15, 0.2) is 0 Å². The van der Waals surface area contributed by atoms with Gasteiger partial charge >= 0.3 is 0 Å². The van der Waals surface area contributed by atoms with Crippen LogP contribution in [0.5, 0.6) is 0 Å². The van der Waals surface area contributed by atoms with Gasteiger partial charge in [-0.15, -0.1) is 0 Å². The second-order valence-electron chi connectivity index (χ2n) is 4.38. The molecule has 1 aromatic carbocycles. The quantitative estimate of drug-likeness (QED) is 0.738. The van der Waals surface area contributed by atoms with Gasteiger partial charge in [-0.05, 0) is 24.3 Å². The van der Waals surface area contributed by atoms with E-state index in [2.05, 4.69) is 60.5 Å². The topological polar surface area (TPSA) is 3.24 Å². The molecule has 100 valence electrons. The van der Waals surface area contributed by atoms with Gasteiger partial charge in [-0.2, -0.15) is 0 Å². The summed E-state index contributed by atoms with van der Waals surface area (Å²) in [6.07, 6.45) is 14.4. The number of anilines is 1. The molecule has 0 saturated carbocycles. The average Bonchev–Trinajstić information content (AvgIpc) is 2.44. The van der Waals surface area contributed by atoms with E-state index in [9.17, 15) is 0 Å². The van der Waals surface area contributed by atoms with Crippen molar-refractivity contribution in [1.29, 1.82) is 0 Å². The molecule has 1 nitrogen and oxygen atoms in total. The second kappa shape index (κ2) is 7.80. The summed E-state index contributed by atoms with van der Waals surface area (Å²) in [6, 6.07) is 18.4. The highest BCUT2D eigenvalue weighted by molar-refractivity contribution is 5.54. The lowest BCUT2D eigenvalue weighted by Crippen LogP contribution is -2.14. The number of allylic oxidation sites excluding steroid dienone is 7. The summed E-state index contributed by atoms with van der Waals surface area (Å²) in [5.74, 6) is 0. The molecule has 0 radical (unpaired) electrons. The Bertz CT molecular complexity index is 580. The molecule has 0 fully saturated rings. The lowest BCUT2D eigenvalue weighted by atomic mass is 10.2. The minimum Gasteiger partial charge on any atom is -0.345 e. The van der Waals surface area contributed by atoms with Gasteiger partial charge in [0.2, 0.25) is 0 Å². The van der Waals surface area contributed by atoms with Gasteiger partial charge in [0.05, 0.1) is 0 Å². The van der Waals surface area contributed by atoms with E-state index in [1.54, 1.807) is 0 Å². The van der Waals surface area contributed by atoms with Crippen LogP contribution in [0.2, 0.25) is 0 Å². The number of nitrogens with zero attached hydrogens (tertiary/aromatic N) is 1. The van der Waals surface area contributed by atoms with E-state index in [1.165, 1.54) is 0 Å². The number of likely N-dealkylation sites (N-methyl/N-ethyl adjacent to an activating group) is 1. The van der Waals surface area contributed by atoms with Gasteiger partial charge in [0.25, 0.3) is 0 Å². The summed E-state index contributed by atoms with van der Waals surface area (Å²) in [7, 11) is 2.07. The van der Waals surface area contributed by atoms with Crippen molar-refractivity contribution in [3.63, 3.8) is 0 Å². The van der Waals surface area contributed by atoms with Crippen LogP contribution in [-0.4, -0.2) is 7.05 Å².